The maximum absolute atomic E-state index is 10.5. The van der Waals surface area contributed by atoms with Crippen molar-refractivity contribution in [2.75, 3.05) is 11.2 Å². The number of hydrogen-bond donors (Lipinski definition) is 1. The standard InChI is InChI=1S/C6H9BrO3.C3H5ClO2/c1-2-5(8)10-6(9)3-4-7;4-2-1-3(5)6/h2-4H2,1H3;1-2H2,(H,5,6). The van der Waals surface area contributed by atoms with Crippen molar-refractivity contribution >= 4 is 45.4 Å². The van der Waals surface area contributed by atoms with Gasteiger partial charge < -0.3 is 9.84 Å². The van der Waals surface area contributed by atoms with Crippen molar-refractivity contribution < 1.29 is 24.2 Å². The minimum atomic E-state index is -0.843. The van der Waals surface area contributed by atoms with Crippen molar-refractivity contribution in [1.29, 1.82) is 0 Å². The molecule has 16 heavy (non-hydrogen) atoms. The summed E-state index contributed by atoms with van der Waals surface area (Å²) in [6.07, 6.45) is 0.543. The number of ether oxygens (including phenoxy) is 1. The van der Waals surface area contributed by atoms with Crippen LogP contribution in [0.4, 0.5) is 0 Å². The second kappa shape index (κ2) is 12.4. The van der Waals surface area contributed by atoms with Crippen molar-refractivity contribution in [3.63, 3.8) is 0 Å². The van der Waals surface area contributed by atoms with Crippen LogP contribution >= 0.6 is 27.5 Å². The molecule has 7 heteroatoms. The van der Waals surface area contributed by atoms with Gasteiger partial charge in [0.25, 0.3) is 0 Å². The first-order chi connectivity index (χ1) is 7.47. The third kappa shape index (κ3) is 15.8. The number of carboxylic acid groups (broad SMARTS) is 1. The molecule has 0 radical (unpaired) electrons. The molecule has 0 aromatic rings. The predicted molar refractivity (Wildman–Crippen MR) is 62.8 cm³/mol. The van der Waals surface area contributed by atoms with Gasteiger partial charge in [-0.25, -0.2) is 0 Å². The summed E-state index contributed by atoms with van der Waals surface area (Å²) in [5.74, 6) is -1.57. The summed E-state index contributed by atoms with van der Waals surface area (Å²) in [6, 6.07) is 0. The second-order valence-corrected chi connectivity index (χ2v) is 3.64. The monoisotopic (exact) mass is 316 g/mol. The largest absolute Gasteiger partial charge is 0.481 e. The molecule has 0 spiro atoms. The number of halogens is 2. The summed E-state index contributed by atoms with van der Waals surface area (Å²) in [7, 11) is 0. The first kappa shape index (κ1) is 17.8. The summed E-state index contributed by atoms with van der Waals surface area (Å²) >= 11 is 8.07. The molecule has 0 aromatic carbocycles. The number of carbonyl (C=O) groups is 3. The van der Waals surface area contributed by atoms with E-state index in [0.29, 0.717) is 5.33 Å². The number of aliphatic carboxylic acids is 1. The maximum atomic E-state index is 10.5. The van der Waals surface area contributed by atoms with E-state index in [0.717, 1.165) is 0 Å². The number of carboxylic acids is 1. The Hall–Kier alpha value is -0.620. The zero-order chi connectivity index (χ0) is 13.0. The van der Waals surface area contributed by atoms with Crippen molar-refractivity contribution in [3.05, 3.63) is 0 Å². The van der Waals surface area contributed by atoms with E-state index in [1.165, 1.54) is 0 Å². The fraction of sp³-hybridized carbons (Fsp3) is 0.667. The molecule has 0 aliphatic carbocycles. The fourth-order valence-electron chi connectivity index (χ4n) is 0.408. The highest BCUT2D eigenvalue weighted by atomic mass is 79.9. The van der Waals surface area contributed by atoms with Crippen molar-refractivity contribution in [3.8, 4) is 0 Å². The lowest BCUT2D eigenvalue weighted by atomic mass is 10.5. The highest BCUT2D eigenvalue weighted by Crippen LogP contribution is 1.93. The normalized spacial score (nSPS) is 8.69. The highest BCUT2D eigenvalue weighted by molar-refractivity contribution is 9.09. The smallest absolute Gasteiger partial charge is 0.314 e. The Morgan fingerprint density at radius 1 is 1.25 bits per heavy atom. The summed E-state index contributed by atoms with van der Waals surface area (Å²) in [5, 5.41) is 8.36. The van der Waals surface area contributed by atoms with Crippen LogP contribution in [-0.4, -0.2) is 34.2 Å². The Morgan fingerprint density at radius 3 is 2.06 bits per heavy atom. The van der Waals surface area contributed by atoms with E-state index in [9.17, 15) is 14.4 Å². The number of alkyl halides is 2. The lowest BCUT2D eigenvalue weighted by molar-refractivity contribution is -0.159. The predicted octanol–water partition coefficient (Wildman–Crippen LogP) is 1.95. The van der Waals surface area contributed by atoms with E-state index in [1.54, 1.807) is 6.92 Å². The van der Waals surface area contributed by atoms with E-state index in [-0.39, 0.29) is 25.1 Å². The molecule has 0 atom stereocenters. The highest BCUT2D eigenvalue weighted by Gasteiger charge is 2.05. The molecule has 0 heterocycles. The zero-order valence-corrected chi connectivity index (χ0v) is 11.2. The maximum Gasteiger partial charge on any atom is 0.314 e. The lowest BCUT2D eigenvalue weighted by Crippen LogP contribution is -2.10. The SMILES string of the molecule is CCC(=O)OC(=O)CCBr.O=C(O)CCCl. The molecule has 0 saturated carbocycles. The van der Waals surface area contributed by atoms with Gasteiger partial charge >= 0.3 is 17.9 Å². The molecule has 5 nitrogen and oxygen atoms in total. The molecule has 0 aromatic heterocycles. The molecule has 0 bridgehead atoms. The molecule has 0 unspecified atom stereocenters. The number of rotatable bonds is 5. The van der Waals surface area contributed by atoms with Crippen LogP contribution in [0.2, 0.25) is 0 Å². The van der Waals surface area contributed by atoms with Gasteiger partial charge in [-0.2, -0.15) is 0 Å². The Labute approximate surface area is 107 Å². The van der Waals surface area contributed by atoms with E-state index in [2.05, 4.69) is 20.7 Å². The Bertz CT molecular complexity index is 232. The molecule has 0 amide bonds. The van der Waals surface area contributed by atoms with Crippen LogP contribution in [0.15, 0.2) is 0 Å². The van der Waals surface area contributed by atoms with Crippen LogP contribution in [0.5, 0.6) is 0 Å². The molecule has 0 aliphatic heterocycles. The van der Waals surface area contributed by atoms with E-state index >= 15 is 0 Å². The third-order valence-corrected chi connectivity index (χ3v) is 1.71. The molecular weight excluding hydrogens is 303 g/mol. The van der Waals surface area contributed by atoms with Crippen LogP contribution in [0.1, 0.15) is 26.2 Å². The summed E-state index contributed by atoms with van der Waals surface area (Å²) in [5.41, 5.74) is 0. The second-order valence-electron chi connectivity index (χ2n) is 2.47. The Morgan fingerprint density at radius 2 is 1.81 bits per heavy atom. The van der Waals surface area contributed by atoms with Crippen LogP contribution in [0, 0.1) is 0 Å². The molecule has 0 aliphatic rings. The van der Waals surface area contributed by atoms with Crippen LogP contribution in [0.25, 0.3) is 0 Å². The van der Waals surface area contributed by atoms with E-state index < -0.39 is 17.9 Å². The first-order valence-electron chi connectivity index (χ1n) is 4.55. The fourth-order valence-corrected chi connectivity index (χ4v) is 0.894. The Balaban J connectivity index is 0. The average Bonchev–Trinajstić information content (AvgIpc) is 2.18. The molecule has 0 saturated heterocycles. The van der Waals surface area contributed by atoms with Crippen molar-refractivity contribution in [2.45, 2.75) is 26.2 Å². The third-order valence-electron chi connectivity index (χ3n) is 1.12. The van der Waals surface area contributed by atoms with Crippen molar-refractivity contribution in [2.24, 2.45) is 0 Å². The molecule has 1 N–H and O–H groups in total. The Kier molecular flexibility index (Phi) is 13.8. The first-order valence-corrected chi connectivity index (χ1v) is 6.20. The topological polar surface area (TPSA) is 80.7 Å². The minimum Gasteiger partial charge on any atom is -0.481 e. The van der Waals surface area contributed by atoms with Gasteiger partial charge in [-0.15, -0.1) is 11.6 Å². The lowest BCUT2D eigenvalue weighted by Gasteiger charge is -1.96. The van der Waals surface area contributed by atoms with Gasteiger partial charge in [0.2, 0.25) is 0 Å². The van der Waals surface area contributed by atoms with Crippen LogP contribution in [0.3, 0.4) is 0 Å². The zero-order valence-electron chi connectivity index (χ0n) is 8.87. The van der Waals surface area contributed by atoms with Crippen molar-refractivity contribution in [1.82, 2.24) is 0 Å². The molecular formula is C9H14BrClO5. The van der Waals surface area contributed by atoms with Crippen LogP contribution in [-0.2, 0) is 19.1 Å². The van der Waals surface area contributed by atoms with Crippen LogP contribution < -0.4 is 0 Å². The van der Waals surface area contributed by atoms with Gasteiger partial charge in [0.15, 0.2) is 0 Å². The summed E-state index contributed by atoms with van der Waals surface area (Å²) in [6.45, 7) is 1.64. The van der Waals surface area contributed by atoms with Gasteiger partial charge in [-0.1, -0.05) is 22.9 Å². The molecule has 94 valence electrons. The van der Waals surface area contributed by atoms with Gasteiger partial charge in [0.05, 0.1) is 12.8 Å². The van der Waals surface area contributed by atoms with Gasteiger partial charge in [0.1, 0.15) is 0 Å². The van der Waals surface area contributed by atoms with E-state index in [1.807, 2.05) is 0 Å². The number of carbonyl (C=O) groups excluding carboxylic acids is 2. The van der Waals surface area contributed by atoms with Gasteiger partial charge in [-0.05, 0) is 0 Å². The summed E-state index contributed by atoms with van der Waals surface area (Å²) in [4.78, 5) is 30.5. The quantitative estimate of drug-likeness (QED) is 0.476. The van der Waals surface area contributed by atoms with Gasteiger partial charge in [-0.3, -0.25) is 14.4 Å². The minimum absolute atomic E-state index is 0.0571. The average molecular weight is 318 g/mol. The summed E-state index contributed by atoms with van der Waals surface area (Å²) < 4.78 is 4.33. The van der Waals surface area contributed by atoms with E-state index in [4.69, 9.17) is 16.7 Å². The number of esters is 2. The number of hydrogen-bond acceptors (Lipinski definition) is 4. The van der Waals surface area contributed by atoms with Gasteiger partial charge in [0, 0.05) is 17.6 Å². The molecule has 0 fully saturated rings. The molecule has 0 rings (SSSR count).